The maximum atomic E-state index is 12.1. The number of fused-ring (bicyclic) bond motifs is 1. The van der Waals surface area contributed by atoms with Gasteiger partial charge in [-0.05, 0) is 48.4 Å². The number of amides is 1. The van der Waals surface area contributed by atoms with Gasteiger partial charge >= 0.3 is 0 Å². The predicted octanol–water partition coefficient (Wildman–Crippen LogP) is 5.43. The highest BCUT2D eigenvalue weighted by Crippen LogP contribution is 2.29. The highest BCUT2D eigenvalue weighted by molar-refractivity contribution is 8.01. The summed E-state index contributed by atoms with van der Waals surface area (Å²) >= 11 is 2.97. The quantitative estimate of drug-likeness (QED) is 0.198. The molecule has 0 saturated carbocycles. The molecule has 1 aromatic heterocycles. The Hall–Kier alpha value is -3.36. The number of nitrogens with one attached hydrogen (secondary N) is 1. The summed E-state index contributed by atoms with van der Waals surface area (Å²) in [7, 11) is 1.59. The summed E-state index contributed by atoms with van der Waals surface area (Å²) < 4.78 is 13.3. The van der Waals surface area contributed by atoms with Crippen LogP contribution in [0.2, 0.25) is 0 Å². The number of aromatic nitrogens is 1. The number of benzene rings is 3. The van der Waals surface area contributed by atoms with Crippen molar-refractivity contribution in [2.75, 3.05) is 12.9 Å². The van der Waals surface area contributed by atoms with Crippen molar-refractivity contribution in [2.24, 2.45) is 5.10 Å². The van der Waals surface area contributed by atoms with E-state index in [0.717, 1.165) is 25.7 Å². The largest absolute Gasteiger partial charge is 0.493 e. The summed E-state index contributed by atoms with van der Waals surface area (Å²) in [6.07, 6.45) is 1.58. The molecule has 0 spiro atoms. The molecule has 0 unspecified atom stereocenters. The molecule has 0 atom stereocenters. The zero-order valence-corrected chi connectivity index (χ0v) is 19.9. The summed E-state index contributed by atoms with van der Waals surface area (Å²) in [6.45, 7) is 2.50. The lowest BCUT2D eigenvalue weighted by Gasteiger charge is -2.11. The second-order valence-corrected chi connectivity index (χ2v) is 9.47. The van der Waals surface area contributed by atoms with Crippen LogP contribution in [-0.2, 0) is 11.4 Å². The lowest BCUT2D eigenvalue weighted by atomic mass is 10.2. The van der Waals surface area contributed by atoms with Gasteiger partial charge < -0.3 is 9.47 Å². The zero-order valence-electron chi connectivity index (χ0n) is 18.3. The number of carbonyl (C=O) groups is 1. The van der Waals surface area contributed by atoms with Crippen LogP contribution in [-0.4, -0.2) is 30.0 Å². The Bertz CT molecular complexity index is 1240. The van der Waals surface area contributed by atoms with Crippen LogP contribution in [0.5, 0.6) is 11.5 Å². The fourth-order valence-corrected chi connectivity index (χ4v) is 4.84. The Kier molecular flexibility index (Phi) is 7.59. The smallest absolute Gasteiger partial charge is 0.250 e. The first-order valence-corrected chi connectivity index (χ1v) is 12.1. The van der Waals surface area contributed by atoms with Gasteiger partial charge in [-0.2, -0.15) is 5.10 Å². The molecule has 0 aliphatic heterocycles. The number of thiazole rings is 1. The van der Waals surface area contributed by atoms with Crippen molar-refractivity contribution in [1.29, 1.82) is 0 Å². The maximum Gasteiger partial charge on any atom is 0.250 e. The molecule has 0 aliphatic carbocycles. The molecule has 0 fully saturated rings. The summed E-state index contributed by atoms with van der Waals surface area (Å²) in [6, 6.07) is 21.6. The van der Waals surface area contributed by atoms with E-state index in [0.29, 0.717) is 18.1 Å². The predicted molar refractivity (Wildman–Crippen MR) is 135 cm³/mol. The number of ether oxygens (including phenoxy) is 2. The van der Waals surface area contributed by atoms with Crippen LogP contribution >= 0.6 is 23.1 Å². The van der Waals surface area contributed by atoms with Crippen molar-refractivity contribution in [1.82, 2.24) is 10.4 Å². The molecular formula is C25H23N3O3S2. The Morgan fingerprint density at radius 3 is 2.73 bits per heavy atom. The van der Waals surface area contributed by atoms with Crippen LogP contribution in [0.1, 0.15) is 16.7 Å². The van der Waals surface area contributed by atoms with Crippen molar-refractivity contribution in [3.05, 3.63) is 83.4 Å². The van der Waals surface area contributed by atoms with Crippen molar-refractivity contribution in [3.8, 4) is 11.5 Å². The number of aryl methyl sites for hydroxylation is 1. The molecule has 4 rings (SSSR count). The first kappa shape index (κ1) is 22.8. The number of rotatable bonds is 9. The van der Waals surface area contributed by atoms with Gasteiger partial charge in [0.05, 0.1) is 29.3 Å². The molecule has 4 aromatic rings. The minimum atomic E-state index is -0.194. The standard InChI is InChI=1S/C25H23N3O3S2/c1-17-7-9-18(10-8-17)15-31-21-12-11-19(13-22(21)30-2)14-26-28-24(29)16-32-25-27-20-5-3-4-6-23(20)33-25/h3-14H,15-16H2,1-2H3,(H,28,29). The number of hydrogen-bond acceptors (Lipinski definition) is 7. The second-order valence-electron chi connectivity index (χ2n) is 7.21. The fraction of sp³-hybridized carbons (Fsp3) is 0.160. The van der Waals surface area contributed by atoms with Gasteiger partial charge in [-0.1, -0.05) is 53.7 Å². The average Bonchev–Trinajstić information content (AvgIpc) is 3.26. The molecule has 0 aliphatic rings. The van der Waals surface area contributed by atoms with Gasteiger partial charge in [0.15, 0.2) is 15.8 Å². The lowest BCUT2D eigenvalue weighted by molar-refractivity contribution is -0.118. The number of carbonyl (C=O) groups excluding carboxylic acids is 1. The molecule has 1 heterocycles. The molecule has 33 heavy (non-hydrogen) atoms. The van der Waals surface area contributed by atoms with Gasteiger partial charge in [0, 0.05) is 0 Å². The Morgan fingerprint density at radius 1 is 1.12 bits per heavy atom. The highest BCUT2D eigenvalue weighted by atomic mass is 32.2. The molecule has 3 aromatic carbocycles. The highest BCUT2D eigenvalue weighted by Gasteiger charge is 2.08. The van der Waals surface area contributed by atoms with E-state index < -0.39 is 0 Å². The number of methoxy groups -OCH3 is 1. The monoisotopic (exact) mass is 477 g/mol. The van der Waals surface area contributed by atoms with E-state index in [1.165, 1.54) is 17.3 Å². The van der Waals surface area contributed by atoms with Gasteiger partial charge in [-0.25, -0.2) is 10.4 Å². The Morgan fingerprint density at radius 2 is 1.94 bits per heavy atom. The van der Waals surface area contributed by atoms with E-state index in [9.17, 15) is 4.79 Å². The van der Waals surface area contributed by atoms with E-state index in [2.05, 4.69) is 34.6 Å². The number of para-hydroxylation sites is 1. The van der Waals surface area contributed by atoms with Crippen LogP contribution in [0, 0.1) is 6.92 Å². The summed E-state index contributed by atoms with van der Waals surface area (Å²) in [5.41, 5.74) is 6.58. The van der Waals surface area contributed by atoms with Crippen molar-refractivity contribution in [3.63, 3.8) is 0 Å². The molecule has 0 bridgehead atoms. The fourth-order valence-electron chi connectivity index (χ4n) is 2.98. The Labute approximate surface area is 200 Å². The van der Waals surface area contributed by atoms with Crippen molar-refractivity contribution in [2.45, 2.75) is 17.9 Å². The van der Waals surface area contributed by atoms with E-state index >= 15 is 0 Å². The van der Waals surface area contributed by atoms with Crippen molar-refractivity contribution < 1.29 is 14.3 Å². The first-order valence-electron chi connectivity index (χ1n) is 10.3. The molecule has 6 nitrogen and oxygen atoms in total. The third kappa shape index (κ3) is 6.34. The topological polar surface area (TPSA) is 72.8 Å². The SMILES string of the molecule is COc1cc(C=NNC(=O)CSc2nc3ccccc3s2)ccc1OCc1ccc(C)cc1. The summed E-state index contributed by atoms with van der Waals surface area (Å²) in [5.74, 6) is 1.29. The number of hydrogen-bond donors (Lipinski definition) is 1. The second kappa shape index (κ2) is 11.0. The van der Waals surface area contributed by atoms with Crippen LogP contribution in [0.25, 0.3) is 10.2 Å². The summed E-state index contributed by atoms with van der Waals surface area (Å²) in [4.78, 5) is 16.6. The van der Waals surface area contributed by atoms with Gasteiger partial charge in [-0.3, -0.25) is 4.79 Å². The van der Waals surface area contributed by atoms with Gasteiger partial charge in [0.2, 0.25) is 0 Å². The van der Waals surface area contributed by atoms with Crippen LogP contribution in [0.3, 0.4) is 0 Å². The van der Waals surface area contributed by atoms with Crippen LogP contribution in [0.15, 0.2) is 76.2 Å². The third-order valence-corrected chi connectivity index (χ3v) is 6.89. The van der Waals surface area contributed by atoms with E-state index in [4.69, 9.17) is 9.47 Å². The number of hydrazone groups is 1. The van der Waals surface area contributed by atoms with E-state index in [1.807, 2.05) is 54.6 Å². The minimum Gasteiger partial charge on any atom is -0.493 e. The minimum absolute atomic E-state index is 0.194. The number of nitrogens with zero attached hydrogens (tertiary/aromatic N) is 2. The Balaban J connectivity index is 1.28. The molecule has 0 saturated heterocycles. The molecule has 1 amide bonds. The third-order valence-electron chi connectivity index (χ3n) is 4.71. The van der Waals surface area contributed by atoms with Gasteiger partial charge in [-0.15, -0.1) is 11.3 Å². The van der Waals surface area contributed by atoms with Crippen LogP contribution < -0.4 is 14.9 Å². The number of thioether (sulfide) groups is 1. The van der Waals surface area contributed by atoms with E-state index in [-0.39, 0.29) is 11.7 Å². The van der Waals surface area contributed by atoms with Gasteiger partial charge in [0.25, 0.3) is 5.91 Å². The van der Waals surface area contributed by atoms with Gasteiger partial charge in [0.1, 0.15) is 6.61 Å². The first-order chi connectivity index (χ1) is 16.1. The maximum absolute atomic E-state index is 12.1. The normalized spacial score (nSPS) is 11.1. The van der Waals surface area contributed by atoms with E-state index in [1.54, 1.807) is 24.7 Å². The van der Waals surface area contributed by atoms with Crippen molar-refractivity contribution >= 4 is 45.4 Å². The molecule has 8 heteroatoms. The van der Waals surface area contributed by atoms with Crippen LogP contribution in [0.4, 0.5) is 0 Å². The average molecular weight is 478 g/mol. The molecule has 0 radical (unpaired) electrons. The molecule has 168 valence electrons. The molecule has 1 N–H and O–H groups in total. The lowest BCUT2D eigenvalue weighted by Crippen LogP contribution is -2.19. The zero-order chi connectivity index (χ0) is 23.0. The molecular weight excluding hydrogens is 454 g/mol. The summed E-state index contributed by atoms with van der Waals surface area (Å²) in [5, 5.41) is 4.05.